The van der Waals surface area contributed by atoms with Gasteiger partial charge in [-0.2, -0.15) is 13.2 Å². The molecule has 202 valence electrons. The first-order chi connectivity index (χ1) is 17.8. The number of rotatable bonds is 8. The van der Waals surface area contributed by atoms with Gasteiger partial charge in [0.15, 0.2) is 0 Å². The van der Waals surface area contributed by atoms with Crippen LogP contribution >= 0.6 is 0 Å². The molecule has 1 aromatic heterocycles. The van der Waals surface area contributed by atoms with E-state index in [1.54, 1.807) is 6.92 Å². The second-order valence-electron chi connectivity index (χ2n) is 10.5. The number of nitrogens with one attached hydrogen (secondary N) is 1. The monoisotopic (exact) mass is 523 g/mol. The summed E-state index contributed by atoms with van der Waals surface area (Å²) in [6.07, 6.45) is 15.0. The molecule has 0 spiro atoms. The van der Waals surface area contributed by atoms with Crippen LogP contribution in [0.1, 0.15) is 53.0 Å². The fourth-order valence-corrected chi connectivity index (χ4v) is 4.67. The average molecular weight is 524 g/mol. The summed E-state index contributed by atoms with van der Waals surface area (Å²) in [5.74, 6) is 0.0854. The summed E-state index contributed by atoms with van der Waals surface area (Å²) in [4.78, 5) is 16.4. The molecule has 1 aromatic carbocycles. The second kappa shape index (κ2) is 12.3. The Hall–Kier alpha value is -3.61. The highest BCUT2D eigenvalue weighted by molar-refractivity contribution is 5.99. The molecule has 1 aliphatic rings. The minimum atomic E-state index is -4.41. The molecule has 0 bridgehead atoms. The van der Waals surface area contributed by atoms with Gasteiger partial charge in [0.05, 0.1) is 11.9 Å². The Kier molecular flexibility index (Phi) is 9.36. The number of benzene rings is 1. The van der Waals surface area contributed by atoms with Crippen molar-refractivity contribution in [2.45, 2.75) is 60.2 Å². The summed E-state index contributed by atoms with van der Waals surface area (Å²) in [7, 11) is 0. The van der Waals surface area contributed by atoms with Crippen LogP contribution in [-0.2, 0) is 17.5 Å². The molecule has 4 nitrogen and oxygen atoms in total. The molecule has 1 atom stereocenters. The highest BCUT2D eigenvalue weighted by atomic mass is 19.4. The smallest absolute Gasteiger partial charge is 0.337 e. The van der Waals surface area contributed by atoms with Gasteiger partial charge in [0.25, 0.3) is 0 Å². The average Bonchev–Trinajstić information content (AvgIpc) is 3.33. The standard InChI is InChI=1S/C31H36F3N3O/c1-22(9-14-28-24(3)25(15-16-30(28,4)5)20-37-18-17-35-21-37)7-6-8-23(2)19-29(38)36-27-12-10-26(11-13-27)31(32,33)34/h6-14,17-19,21,25H,15-16,20H2,1-5H3,(H,36,38)/b8-6+,14-9+,22-7+,23-19+. The molecule has 7 heteroatoms. The van der Waals surface area contributed by atoms with E-state index >= 15 is 0 Å². The zero-order valence-corrected chi connectivity index (χ0v) is 22.6. The van der Waals surface area contributed by atoms with E-state index in [9.17, 15) is 18.0 Å². The first-order valence-electron chi connectivity index (χ1n) is 12.7. The van der Waals surface area contributed by atoms with Crippen LogP contribution in [0.5, 0.6) is 0 Å². The molecule has 1 aliphatic carbocycles. The molecule has 0 fully saturated rings. The molecular weight excluding hydrogens is 487 g/mol. The number of hydrogen-bond donors (Lipinski definition) is 1. The van der Waals surface area contributed by atoms with Gasteiger partial charge in [0.2, 0.25) is 5.91 Å². The predicted octanol–water partition coefficient (Wildman–Crippen LogP) is 8.30. The van der Waals surface area contributed by atoms with Gasteiger partial charge < -0.3 is 9.88 Å². The highest BCUT2D eigenvalue weighted by Gasteiger charge is 2.32. The lowest BCUT2D eigenvalue weighted by Crippen LogP contribution is -2.26. The Morgan fingerprint density at radius 2 is 1.87 bits per heavy atom. The Labute approximate surface area is 223 Å². The number of anilines is 1. The third-order valence-electron chi connectivity index (χ3n) is 6.94. The SMILES string of the molecule is CC1=C(/C=C/C(C)=C/C=C/C(C)=C/C(=O)Nc2ccc(C(F)(F)F)cc2)C(C)(C)CCC1Cn1ccnc1. The molecular formula is C31H36F3N3O. The Morgan fingerprint density at radius 3 is 2.50 bits per heavy atom. The molecule has 0 saturated heterocycles. The zero-order chi connectivity index (χ0) is 27.9. The zero-order valence-electron chi connectivity index (χ0n) is 22.6. The summed E-state index contributed by atoms with van der Waals surface area (Å²) < 4.78 is 40.2. The maximum atomic E-state index is 12.7. The fourth-order valence-electron chi connectivity index (χ4n) is 4.67. The van der Waals surface area contributed by atoms with Crippen molar-refractivity contribution in [1.82, 2.24) is 9.55 Å². The van der Waals surface area contributed by atoms with Gasteiger partial charge >= 0.3 is 6.18 Å². The van der Waals surface area contributed by atoms with Crippen molar-refractivity contribution in [3.05, 3.63) is 107 Å². The van der Waals surface area contributed by atoms with Gasteiger partial charge in [-0.25, -0.2) is 4.98 Å². The summed E-state index contributed by atoms with van der Waals surface area (Å²) in [6, 6.07) is 4.36. The van der Waals surface area contributed by atoms with Crippen LogP contribution in [0, 0.1) is 11.3 Å². The van der Waals surface area contributed by atoms with Crippen molar-refractivity contribution < 1.29 is 18.0 Å². The highest BCUT2D eigenvalue weighted by Crippen LogP contribution is 2.44. The van der Waals surface area contributed by atoms with Crippen molar-refractivity contribution in [2.24, 2.45) is 11.3 Å². The minimum Gasteiger partial charge on any atom is -0.337 e. The molecule has 2 aromatic rings. The number of carbonyl (C=O) groups is 1. The summed E-state index contributed by atoms with van der Waals surface area (Å²) in [5, 5.41) is 2.58. The summed E-state index contributed by atoms with van der Waals surface area (Å²) in [5.41, 5.74) is 4.26. The van der Waals surface area contributed by atoms with E-state index in [1.807, 2.05) is 43.9 Å². The molecule has 38 heavy (non-hydrogen) atoms. The largest absolute Gasteiger partial charge is 0.416 e. The van der Waals surface area contributed by atoms with Crippen LogP contribution in [0.2, 0.25) is 0 Å². The summed E-state index contributed by atoms with van der Waals surface area (Å²) >= 11 is 0. The van der Waals surface area contributed by atoms with Crippen LogP contribution in [0.4, 0.5) is 18.9 Å². The number of alkyl halides is 3. The van der Waals surface area contributed by atoms with Gasteiger partial charge in [-0.05, 0) is 80.4 Å². The molecule has 1 N–H and O–H groups in total. The fraction of sp³-hybridized carbons (Fsp3) is 0.355. The number of carbonyl (C=O) groups excluding carboxylic acids is 1. The van der Waals surface area contributed by atoms with E-state index < -0.39 is 17.6 Å². The van der Waals surface area contributed by atoms with Gasteiger partial charge in [0.1, 0.15) is 0 Å². The predicted molar refractivity (Wildman–Crippen MR) is 147 cm³/mol. The number of halogens is 3. The Balaban J connectivity index is 1.61. The van der Waals surface area contributed by atoms with Crippen LogP contribution in [0.15, 0.2) is 102 Å². The maximum absolute atomic E-state index is 12.7. The topological polar surface area (TPSA) is 46.9 Å². The number of allylic oxidation sites excluding steroid dienone is 9. The Morgan fingerprint density at radius 1 is 1.16 bits per heavy atom. The van der Waals surface area contributed by atoms with Crippen molar-refractivity contribution in [3.63, 3.8) is 0 Å². The van der Waals surface area contributed by atoms with E-state index in [0.717, 1.165) is 42.7 Å². The second-order valence-corrected chi connectivity index (χ2v) is 10.5. The number of amides is 1. The van der Waals surface area contributed by atoms with E-state index in [4.69, 9.17) is 0 Å². The van der Waals surface area contributed by atoms with Crippen LogP contribution in [-0.4, -0.2) is 15.5 Å². The van der Waals surface area contributed by atoms with Gasteiger partial charge in [-0.15, -0.1) is 0 Å². The molecule has 0 radical (unpaired) electrons. The van der Waals surface area contributed by atoms with E-state index in [2.05, 4.69) is 47.8 Å². The quantitative estimate of drug-likeness (QED) is 0.279. The lowest BCUT2D eigenvalue weighted by atomic mass is 9.68. The normalized spacial score (nSPS) is 19.0. The molecule has 0 saturated carbocycles. The lowest BCUT2D eigenvalue weighted by molar-refractivity contribution is -0.137. The van der Waals surface area contributed by atoms with Gasteiger partial charge in [0, 0.05) is 30.7 Å². The Bertz CT molecular complexity index is 1260. The third-order valence-corrected chi connectivity index (χ3v) is 6.94. The minimum absolute atomic E-state index is 0.113. The third kappa shape index (κ3) is 8.20. The van der Waals surface area contributed by atoms with Crippen LogP contribution in [0.25, 0.3) is 0 Å². The first kappa shape index (κ1) is 29.0. The van der Waals surface area contributed by atoms with Gasteiger partial charge in [-0.3, -0.25) is 4.79 Å². The number of hydrogen-bond acceptors (Lipinski definition) is 2. The number of nitrogens with zero attached hydrogens (tertiary/aromatic N) is 2. The van der Waals surface area contributed by atoms with E-state index in [1.165, 1.54) is 29.4 Å². The molecule has 1 amide bonds. The number of aromatic nitrogens is 2. The van der Waals surface area contributed by atoms with Crippen LogP contribution < -0.4 is 5.32 Å². The first-order valence-corrected chi connectivity index (χ1v) is 12.7. The maximum Gasteiger partial charge on any atom is 0.416 e. The molecule has 1 heterocycles. The molecule has 0 aliphatic heterocycles. The number of imidazole rings is 1. The van der Waals surface area contributed by atoms with E-state index in [-0.39, 0.29) is 5.41 Å². The van der Waals surface area contributed by atoms with Crippen molar-refractivity contribution in [3.8, 4) is 0 Å². The van der Waals surface area contributed by atoms with Crippen molar-refractivity contribution in [2.75, 3.05) is 5.32 Å². The summed E-state index contributed by atoms with van der Waals surface area (Å²) in [6.45, 7) is 11.6. The van der Waals surface area contributed by atoms with Crippen molar-refractivity contribution in [1.29, 1.82) is 0 Å². The van der Waals surface area contributed by atoms with Crippen molar-refractivity contribution >= 4 is 11.6 Å². The molecule has 3 rings (SSSR count). The van der Waals surface area contributed by atoms with E-state index in [0.29, 0.717) is 11.6 Å². The van der Waals surface area contributed by atoms with Gasteiger partial charge in [-0.1, -0.05) is 55.4 Å². The van der Waals surface area contributed by atoms with Crippen LogP contribution in [0.3, 0.4) is 0 Å². The molecule has 1 unspecified atom stereocenters. The lowest BCUT2D eigenvalue weighted by Gasteiger charge is -2.37.